The summed E-state index contributed by atoms with van der Waals surface area (Å²) in [6.45, 7) is 0.0905. The van der Waals surface area contributed by atoms with Gasteiger partial charge in [-0.2, -0.15) is 24.9 Å². The molecule has 3 nitrogen and oxygen atoms in total. The molecule has 1 spiro atoms. The molecule has 27 heavy (non-hydrogen) atoms. The van der Waals surface area contributed by atoms with Gasteiger partial charge in [-0.25, -0.2) is 4.99 Å². The lowest BCUT2D eigenvalue weighted by Gasteiger charge is -2.42. The minimum Gasteiger partial charge on any atom is -0.371 e. The quantitative estimate of drug-likeness (QED) is 0.737. The summed E-state index contributed by atoms with van der Waals surface area (Å²) >= 11 is 1.89. The van der Waals surface area contributed by atoms with Gasteiger partial charge in [0.2, 0.25) is 0 Å². The first kappa shape index (κ1) is 18.2. The molecule has 2 aliphatic heterocycles. The summed E-state index contributed by atoms with van der Waals surface area (Å²) < 4.78 is 39.9. The van der Waals surface area contributed by atoms with Crippen LogP contribution in [0, 0.1) is 0 Å². The largest absolute Gasteiger partial charge is 0.416 e. The fourth-order valence-electron chi connectivity index (χ4n) is 3.64. The Bertz CT molecular complexity index is 858. The van der Waals surface area contributed by atoms with E-state index in [0.29, 0.717) is 0 Å². The first-order chi connectivity index (χ1) is 13.0. The van der Waals surface area contributed by atoms with E-state index in [-0.39, 0.29) is 17.6 Å². The van der Waals surface area contributed by atoms with E-state index in [1.807, 2.05) is 36.0 Å². The Hall–Kier alpha value is -2.15. The molecular formula is C20H20F3N3S. The Morgan fingerprint density at radius 1 is 1.04 bits per heavy atom. The summed E-state index contributed by atoms with van der Waals surface area (Å²) in [5.41, 5.74) is 1.08. The number of hydrogen-bond acceptors (Lipinski definition) is 4. The lowest BCUT2D eigenvalue weighted by Crippen LogP contribution is -2.55. The minimum absolute atomic E-state index is 0.0905. The van der Waals surface area contributed by atoms with Gasteiger partial charge in [0.25, 0.3) is 0 Å². The second-order valence-corrected chi connectivity index (χ2v) is 8.03. The van der Waals surface area contributed by atoms with Crippen molar-refractivity contribution >= 4 is 29.0 Å². The Labute approximate surface area is 160 Å². The normalized spacial score (nSPS) is 18.4. The average Bonchev–Trinajstić information content (AvgIpc) is 2.66. The van der Waals surface area contributed by atoms with E-state index in [9.17, 15) is 13.2 Å². The number of fused-ring (bicyclic) bond motifs is 1. The van der Waals surface area contributed by atoms with Crippen LogP contribution in [0.3, 0.4) is 0 Å². The predicted octanol–water partition coefficient (Wildman–Crippen LogP) is 5.22. The van der Waals surface area contributed by atoms with Gasteiger partial charge in [0.05, 0.1) is 22.5 Å². The third-order valence-electron chi connectivity index (χ3n) is 5.08. The molecule has 0 aromatic heterocycles. The van der Waals surface area contributed by atoms with Gasteiger partial charge in [-0.3, -0.25) is 0 Å². The smallest absolute Gasteiger partial charge is 0.371 e. The number of rotatable bonds is 2. The SMILES string of the molecule is FC(F)(F)c1ccccc1CNC1=Nc2ccccc2NC12CCSCC2. The van der Waals surface area contributed by atoms with Crippen LogP contribution in [0.2, 0.25) is 0 Å². The molecule has 0 aliphatic carbocycles. The maximum Gasteiger partial charge on any atom is 0.416 e. The second kappa shape index (κ2) is 7.11. The first-order valence-electron chi connectivity index (χ1n) is 8.91. The number of alkyl halides is 3. The van der Waals surface area contributed by atoms with Gasteiger partial charge in [-0.05, 0) is 48.1 Å². The van der Waals surface area contributed by atoms with Crippen LogP contribution in [0.4, 0.5) is 24.5 Å². The number of nitrogens with zero attached hydrogens (tertiary/aromatic N) is 1. The number of thioether (sulfide) groups is 1. The van der Waals surface area contributed by atoms with Crippen molar-refractivity contribution in [3.63, 3.8) is 0 Å². The predicted molar refractivity (Wildman–Crippen MR) is 105 cm³/mol. The zero-order valence-electron chi connectivity index (χ0n) is 14.6. The van der Waals surface area contributed by atoms with Crippen LogP contribution in [0.15, 0.2) is 53.5 Å². The van der Waals surface area contributed by atoms with E-state index in [1.54, 1.807) is 6.07 Å². The maximum absolute atomic E-state index is 13.3. The zero-order valence-corrected chi connectivity index (χ0v) is 15.5. The molecule has 0 atom stereocenters. The Morgan fingerprint density at radius 2 is 1.74 bits per heavy atom. The molecule has 7 heteroatoms. The summed E-state index contributed by atoms with van der Waals surface area (Å²) in [4.78, 5) is 4.78. The second-order valence-electron chi connectivity index (χ2n) is 6.81. The van der Waals surface area contributed by atoms with Crippen LogP contribution in [0.25, 0.3) is 0 Å². The molecule has 2 heterocycles. The number of hydrogen-bond donors (Lipinski definition) is 2. The van der Waals surface area contributed by atoms with Gasteiger partial charge in [0.1, 0.15) is 5.84 Å². The number of nitrogens with one attached hydrogen (secondary N) is 2. The highest BCUT2D eigenvalue weighted by atomic mass is 32.2. The number of para-hydroxylation sites is 2. The third kappa shape index (κ3) is 3.65. The topological polar surface area (TPSA) is 36.4 Å². The van der Waals surface area contributed by atoms with Crippen molar-refractivity contribution in [1.82, 2.24) is 5.32 Å². The van der Waals surface area contributed by atoms with Gasteiger partial charge in [0, 0.05) is 6.54 Å². The van der Waals surface area contributed by atoms with E-state index in [1.165, 1.54) is 12.1 Å². The summed E-state index contributed by atoms with van der Waals surface area (Å²) in [6.07, 6.45) is -2.59. The van der Waals surface area contributed by atoms with E-state index in [2.05, 4.69) is 10.6 Å². The molecule has 2 aromatic rings. The van der Waals surface area contributed by atoms with Crippen LogP contribution in [-0.2, 0) is 12.7 Å². The molecule has 0 amide bonds. The van der Waals surface area contributed by atoms with E-state index in [4.69, 9.17) is 4.99 Å². The molecule has 0 radical (unpaired) electrons. The number of amidine groups is 1. The Balaban J connectivity index is 1.64. The molecule has 4 rings (SSSR count). The zero-order chi connectivity index (χ0) is 18.9. The fourth-order valence-corrected chi connectivity index (χ4v) is 4.83. The Morgan fingerprint density at radius 3 is 2.52 bits per heavy atom. The molecular weight excluding hydrogens is 371 g/mol. The van der Waals surface area contributed by atoms with Gasteiger partial charge in [-0.1, -0.05) is 30.3 Å². The van der Waals surface area contributed by atoms with Crippen molar-refractivity contribution in [2.45, 2.75) is 31.1 Å². The van der Waals surface area contributed by atoms with Crippen molar-refractivity contribution in [1.29, 1.82) is 0 Å². The van der Waals surface area contributed by atoms with E-state index < -0.39 is 11.7 Å². The van der Waals surface area contributed by atoms with Crippen LogP contribution >= 0.6 is 11.8 Å². The van der Waals surface area contributed by atoms with Crippen LogP contribution in [-0.4, -0.2) is 22.9 Å². The van der Waals surface area contributed by atoms with Crippen molar-refractivity contribution in [3.05, 3.63) is 59.7 Å². The number of anilines is 1. The van der Waals surface area contributed by atoms with Crippen molar-refractivity contribution in [2.75, 3.05) is 16.8 Å². The lowest BCUT2D eigenvalue weighted by molar-refractivity contribution is -0.138. The summed E-state index contributed by atoms with van der Waals surface area (Å²) in [6, 6.07) is 13.5. The average molecular weight is 391 g/mol. The summed E-state index contributed by atoms with van der Waals surface area (Å²) in [7, 11) is 0. The molecule has 2 N–H and O–H groups in total. The third-order valence-corrected chi connectivity index (χ3v) is 6.06. The lowest BCUT2D eigenvalue weighted by atomic mass is 9.88. The van der Waals surface area contributed by atoms with Crippen molar-refractivity contribution in [3.8, 4) is 0 Å². The van der Waals surface area contributed by atoms with Gasteiger partial charge in [0.15, 0.2) is 0 Å². The monoisotopic (exact) mass is 391 g/mol. The molecule has 142 valence electrons. The summed E-state index contributed by atoms with van der Waals surface area (Å²) in [5, 5.41) is 6.84. The van der Waals surface area contributed by atoms with Gasteiger partial charge in [-0.15, -0.1) is 0 Å². The first-order valence-corrected chi connectivity index (χ1v) is 10.1. The van der Waals surface area contributed by atoms with Crippen molar-refractivity contribution in [2.24, 2.45) is 4.99 Å². The summed E-state index contributed by atoms with van der Waals surface area (Å²) in [5.74, 6) is 2.72. The van der Waals surface area contributed by atoms with Crippen LogP contribution in [0.5, 0.6) is 0 Å². The van der Waals surface area contributed by atoms with Gasteiger partial charge < -0.3 is 10.6 Å². The van der Waals surface area contributed by atoms with Crippen LogP contribution in [0.1, 0.15) is 24.0 Å². The molecule has 0 bridgehead atoms. The molecule has 2 aliphatic rings. The number of benzene rings is 2. The van der Waals surface area contributed by atoms with Gasteiger partial charge >= 0.3 is 6.18 Å². The minimum atomic E-state index is -4.36. The highest BCUT2D eigenvalue weighted by molar-refractivity contribution is 7.99. The molecule has 0 saturated carbocycles. The Kier molecular flexibility index (Phi) is 4.80. The van der Waals surface area contributed by atoms with E-state index in [0.717, 1.165) is 47.6 Å². The molecule has 2 aromatic carbocycles. The van der Waals surface area contributed by atoms with E-state index >= 15 is 0 Å². The molecule has 1 fully saturated rings. The highest BCUT2D eigenvalue weighted by Crippen LogP contribution is 2.39. The number of halogens is 3. The fraction of sp³-hybridized carbons (Fsp3) is 0.350. The molecule has 1 saturated heterocycles. The van der Waals surface area contributed by atoms with Crippen molar-refractivity contribution < 1.29 is 13.2 Å². The highest BCUT2D eigenvalue weighted by Gasteiger charge is 2.41. The number of aliphatic imine (C=N–C) groups is 1. The maximum atomic E-state index is 13.3. The molecule has 0 unspecified atom stereocenters. The standard InChI is InChI=1S/C20H20F3N3S/c21-20(22,23)15-6-2-1-5-14(15)13-24-18-19(9-11-27-12-10-19)26-17-8-4-3-7-16(17)25-18/h1-8,26H,9-13H2,(H,24,25). The van der Waals surface area contributed by atoms with Crippen LogP contribution < -0.4 is 10.6 Å².